The quantitative estimate of drug-likeness (QED) is 0.584. The first-order valence-electron chi connectivity index (χ1n) is 9.59. The fourth-order valence-corrected chi connectivity index (χ4v) is 5.19. The Morgan fingerprint density at radius 1 is 1.33 bits per heavy atom. The molecule has 2 aliphatic heterocycles. The summed E-state index contributed by atoms with van der Waals surface area (Å²) < 4.78 is 11.9. The Morgan fingerprint density at radius 2 is 2.04 bits per heavy atom. The summed E-state index contributed by atoms with van der Waals surface area (Å²) in [6.07, 6.45) is 6.67. The monoisotopic (exact) mass is 335 g/mol. The predicted octanol–water partition coefficient (Wildman–Crippen LogP) is 3.27. The molecule has 2 saturated heterocycles. The second-order valence-corrected chi connectivity index (χ2v) is 8.24. The fraction of sp³-hybridized carbons (Fsp3) is 0.850. The molecule has 2 fully saturated rings. The van der Waals surface area contributed by atoms with Crippen LogP contribution >= 0.6 is 0 Å². The van der Waals surface area contributed by atoms with Gasteiger partial charge in [-0.25, -0.2) is 0 Å². The van der Waals surface area contributed by atoms with E-state index in [4.69, 9.17) is 9.47 Å². The van der Waals surface area contributed by atoms with E-state index in [0.29, 0.717) is 31.0 Å². The van der Waals surface area contributed by atoms with Crippen LogP contribution in [0.3, 0.4) is 0 Å². The highest BCUT2D eigenvalue weighted by molar-refractivity contribution is 5.65. The van der Waals surface area contributed by atoms with Crippen LogP contribution in [0.4, 0.5) is 0 Å². The van der Waals surface area contributed by atoms with Gasteiger partial charge in [-0.3, -0.25) is 4.79 Å². The molecule has 1 aliphatic carbocycles. The number of carbonyl (C=O) groups is 1. The average molecular weight is 335 g/mol. The van der Waals surface area contributed by atoms with Crippen LogP contribution in [-0.2, 0) is 14.3 Å². The zero-order valence-corrected chi connectivity index (χ0v) is 15.7. The third-order valence-electron chi connectivity index (χ3n) is 6.79. The number of likely N-dealkylation sites (tertiary alicyclic amines) is 1. The van der Waals surface area contributed by atoms with E-state index in [0.717, 1.165) is 6.54 Å². The van der Waals surface area contributed by atoms with E-state index >= 15 is 0 Å². The summed E-state index contributed by atoms with van der Waals surface area (Å²) >= 11 is 0. The van der Waals surface area contributed by atoms with Gasteiger partial charge in [-0.15, -0.1) is 0 Å². The van der Waals surface area contributed by atoms with E-state index < -0.39 is 0 Å². The second-order valence-electron chi connectivity index (χ2n) is 8.24. The average Bonchev–Trinajstić information content (AvgIpc) is 2.54. The van der Waals surface area contributed by atoms with Crippen LogP contribution < -0.4 is 0 Å². The number of ether oxygens (including phenoxy) is 2. The van der Waals surface area contributed by atoms with E-state index in [9.17, 15) is 4.79 Å². The highest BCUT2D eigenvalue weighted by Crippen LogP contribution is 2.52. The summed E-state index contributed by atoms with van der Waals surface area (Å²) in [7, 11) is 0. The van der Waals surface area contributed by atoms with E-state index in [-0.39, 0.29) is 17.5 Å². The molecule has 24 heavy (non-hydrogen) atoms. The van der Waals surface area contributed by atoms with E-state index in [2.05, 4.69) is 31.7 Å². The zero-order valence-electron chi connectivity index (χ0n) is 15.7. The summed E-state index contributed by atoms with van der Waals surface area (Å²) in [6.45, 7) is 13.0. The maximum atomic E-state index is 11.4. The number of allylic oxidation sites excluding steroid dienone is 1. The molecule has 0 aromatic heterocycles. The Kier molecular flexibility index (Phi) is 5.36. The molecule has 0 N–H and O–H groups in total. The van der Waals surface area contributed by atoms with Gasteiger partial charge in [0.1, 0.15) is 0 Å². The van der Waals surface area contributed by atoms with Crippen molar-refractivity contribution in [1.82, 2.24) is 4.90 Å². The minimum absolute atomic E-state index is 0.0752. The second kappa shape index (κ2) is 7.17. The maximum Gasteiger partial charge on any atom is 0.302 e. The van der Waals surface area contributed by atoms with E-state index in [1.54, 1.807) is 0 Å². The fourth-order valence-electron chi connectivity index (χ4n) is 5.19. The number of rotatable bonds is 4. The first-order chi connectivity index (χ1) is 11.4. The molecule has 0 aromatic rings. The maximum absolute atomic E-state index is 11.4. The lowest BCUT2D eigenvalue weighted by Crippen LogP contribution is -2.58. The summed E-state index contributed by atoms with van der Waals surface area (Å²) in [5.41, 5.74) is 1.38. The van der Waals surface area contributed by atoms with Gasteiger partial charge in [0.05, 0.1) is 19.3 Å². The van der Waals surface area contributed by atoms with Crippen LogP contribution in [0, 0.1) is 23.2 Å². The number of esters is 1. The van der Waals surface area contributed by atoms with Gasteiger partial charge in [0.15, 0.2) is 0 Å². The number of carbonyl (C=O) groups excluding carboxylic acids is 1. The molecule has 5 unspecified atom stereocenters. The third kappa shape index (κ3) is 3.28. The Hall–Kier alpha value is -0.870. The van der Waals surface area contributed by atoms with E-state index in [1.165, 1.54) is 44.8 Å². The molecule has 5 atom stereocenters. The molecule has 0 spiro atoms. The van der Waals surface area contributed by atoms with Crippen LogP contribution in [0.5, 0.6) is 0 Å². The van der Waals surface area contributed by atoms with Gasteiger partial charge in [-0.05, 0) is 44.7 Å². The summed E-state index contributed by atoms with van der Waals surface area (Å²) in [5.74, 6) is 1.09. The van der Waals surface area contributed by atoms with Gasteiger partial charge in [0.25, 0.3) is 0 Å². The van der Waals surface area contributed by atoms with Gasteiger partial charge >= 0.3 is 5.97 Å². The molecule has 2 bridgehead atoms. The van der Waals surface area contributed by atoms with Gasteiger partial charge in [-0.2, -0.15) is 0 Å². The summed E-state index contributed by atoms with van der Waals surface area (Å²) in [6, 6.07) is 0. The SMILES string of the molecule is CC(=O)OCC12COC(CN3CCCCC3)C(C(C)=CC1C)C2C. The molecule has 0 aromatic carbocycles. The molecule has 136 valence electrons. The summed E-state index contributed by atoms with van der Waals surface area (Å²) in [5, 5.41) is 0. The van der Waals surface area contributed by atoms with Crippen molar-refractivity contribution in [2.45, 2.75) is 53.1 Å². The van der Waals surface area contributed by atoms with Crippen molar-refractivity contribution in [3.63, 3.8) is 0 Å². The molecule has 3 rings (SSSR count). The van der Waals surface area contributed by atoms with Crippen molar-refractivity contribution < 1.29 is 14.3 Å². The first-order valence-corrected chi connectivity index (χ1v) is 9.59. The van der Waals surface area contributed by atoms with Crippen LogP contribution in [-0.4, -0.2) is 49.8 Å². The van der Waals surface area contributed by atoms with E-state index in [1.807, 2.05) is 0 Å². The normalized spacial score (nSPS) is 40.1. The van der Waals surface area contributed by atoms with Gasteiger partial charge in [0, 0.05) is 24.8 Å². The van der Waals surface area contributed by atoms with Crippen LogP contribution in [0.25, 0.3) is 0 Å². The van der Waals surface area contributed by atoms with Gasteiger partial charge in [0.2, 0.25) is 0 Å². The molecule has 0 radical (unpaired) electrons. The highest BCUT2D eigenvalue weighted by Gasteiger charge is 2.54. The van der Waals surface area contributed by atoms with Crippen LogP contribution in [0.1, 0.15) is 47.0 Å². The molecular weight excluding hydrogens is 302 g/mol. The predicted molar refractivity (Wildman–Crippen MR) is 94.7 cm³/mol. The highest BCUT2D eigenvalue weighted by atomic mass is 16.5. The lowest BCUT2D eigenvalue weighted by Gasteiger charge is -2.55. The number of piperidine rings is 1. The van der Waals surface area contributed by atoms with Crippen molar-refractivity contribution in [3.8, 4) is 0 Å². The van der Waals surface area contributed by atoms with Crippen molar-refractivity contribution in [3.05, 3.63) is 11.6 Å². The van der Waals surface area contributed by atoms with Gasteiger partial charge in [-0.1, -0.05) is 31.9 Å². The van der Waals surface area contributed by atoms with Crippen LogP contribution in [0.15, 0.2) is 11.6 Å². The van der Waals surface area contributed by atoms with Crippen LogP contribution in [0.2, 0.25) is 0 Å². The third-order valence-corrected chi connectivity index (χ3v) is 6.79. The standard InChI is InChI=1S/C20H33NO3/c1-14-10-15(2)20(12-23-17(4)22)13-24-18(19(14)16(20)3)11-21-8-6-5-7-9-21/h10,15-16,18-19H,5-9,11-13H2,1-4H3. The number of hydrogen-bond donors (Lipinski definition) is 0. The first kappa shape index (κ1) is 17.9. The Balaban J connectivity index is 1.77. The summed E-state index contributed by atoms with van der Waals surface area (Å²) in [4.78, 5) is 13.9. The van der Waals surface area contributed by atoms with Gasteiger partial charge < -0.3 is 14.4 Å². The topological polar surface area (TPSA) is 38.8 Å². The Morgan fingerprint density at radius 3 is 2.71 bits per heavy atom. The molecule has 0 saturated carbocycles. The van der Waals surface area contributed by atoms with Crippen molar-refractivity contribution in [2.75, 3.05) is 32.8 Å². The number of fused-ring (bicyclic) bond motifs is 2. The number of nitrogens with zero attached hydrogens (tertiary/aromatic N) is 1. The zero-order chi connectivity index (χ0) is 17.3. The Bertz CT molecular complexity index is 497. The minimum atomic E-state index is -0.193. The lowest BCUT2D eigenvalue weighted by molar-refractivity contribution is -0.182. The molecule has 0 amide bonds. The number of hydrogen-bond acceptors (Lipinski definition) is 4. The van der Waals surface area contributed by atoms with Crippen molar-refractivity contribution in [1.29, 1.82) is 0 Å². The smallest absolute Gasteiger partial charge is 0.302 e. The molecule has 4 nitrogen and oxygen atoms in total. The van der Waals surface area contributed by atoms with Crippen molar-refractivity contribution in [2.24, 2.45) is 23.2 Å². The Labute approximate surface area is 146 Å². The molecular formula is C20H33NO3. The largest absolute Gasteiger partial charge is 0.465 e. The molecule has 4 heteroatoms. The molecule has 3 aliphatic rings. The molecule has 2 heterocycles. The van der Waals surface area contributed by atoms with Crippen molar-refractivity contribution >= 4 is 5.97 Å². The minimum Gasteiger partial charge on any atom is -0.465 e. The lowest BCUT2D eigenvalue weighted by atomic mass is 9.56.